The summed E-state index contributed by atoms with van der Waals surface area (Å²) in [4.78, 5) is 27.6. The predicted octanol–water partition coefficient (Wildman–Crippen LogP) is 4.25. The van der Waals surface area contributed by atoms with Gasteiger partial charge in [-0.15, -0.1) is 0 Å². The number of hydrogen-bond donors (Lipinski definition) is 1. The Morgan fingerprint density at radius 2 is 1.81 bits per heavy atom. The second-order valence-electron chi connectivity index (χ2n) is 7.85. The van der Waals surface area contributed by atoms with Crippen LogP contribution in [0.5, 0.6) is 0 Å². The molecule has 2 aromatic heterocycles. The van der Waals surface area contributed by atoms with Gasteiger partial charge in [0.05, 0.1) is 17.4 Å². The number of aryl methyl sites for hydroxylation is 2. The van der Waals surface area contributed by atoms with Crippen molar-refractivity contribution in [2.45, 2.75) is 23.8 Å². The van der Waals surface area contributed by atoms with E-state index in [4.69, 9.17) is 0 Å². The Labute approximate surface area is 187 Å². The van der Waals surface area contributed by atoms with Gasteiger partial charge in [0.2, 0.25) is 0 Å². The van der Waals surface area contributed by atoms with Crippen LogP contribution in [0.4, 0.5) is 11.5 Å². The monoisotopic (exact) mass is 433 g/mol. The van der Waals surface area contributed by atoms with E-state index in [0.29, 0.717) is 16.3 Å². The van der Waals surface area contributed by atoms with Crippen molar-refractivity contribution in [1.29, 1.82) is 0 Å². The van der Waals surface area contributed by atoms with Crippen LogP contribution in [0.1, 0.15) is 21.5 Å². The van der Waals surface area contributed by atoms with Crippen LogP contribution in [-0.4, -0.2) is 54.0 Å². The van der Waals surface area contributed by atoms with E-state index in [0.717, 1.165) is 36.9 Å². The molecule has 1 aromatic carbocycles. The van der Waals surface area contributed by atoms with Gasteiger partial charge in [-0.05, 0) is 68.4 Å². The van der Waals surface area contributed by atoms with E-state index < -0.39 is 0 Å². The lowest BCUT2D eigenvalue weighted by Gasteiger charge is -2.33. The van der Waals surface area contributed by atoms with Gasteiger partial charge in [0, 0.05) is 37.3 Å². The van der Waals surface area contributed by atoms with E-state index in [1.54, 1.807) is 24.5 Å². The molecule has 4 rings (SSSR count). The SMILES string of the molecule is Cc1ccc(Sc2ncccc2C(=O)Nc2ccc(N3CCN(C)CC3)nc2)cc1C. The third kappa shape index (κ3) is 5.24. The number of carbonyl (C=O) groups is 1. The molecular formula is C24H27N5OS. The Hall–Kier alpha value is -2.90. The molecule has 0 spiro atoms. The number of nitrogens with zero attached hydrogens (tertiary/aromatic N) is 4. The number of amides is 1. The van der Waals surface area contributed by atoms with E-state index >= 15 is 0 Å². The average molecular weight is 434 g/mol. The zero-order chi connectivity index (χ0) is 21.8. The molecule has 1 aliphatic rings. The molecule has 0 bridgehead atoms. The molecule has 1 saturated heterocycles. The molecule has 0 radical (unpaired) electrons. The molecule has 3 aromatic rings. The maximum atomic E-state index is 13.0. The highest BCUT2D eigenvalue weighted by atomic mass is 32.2. The summed E-state index contributed by atoms with van der Waals surface area (Å²) in [5.74, 6) is 0.757. The fourth-order valence-electron chi connectivity index (χ4n) is 3.42. The van der Waals surface area contributed by atoms with Gasteiger partial charge in [-0.25, -0.2) is 9.97 Å². The van der Waals surface area contributed by atoms with E-state index in [1.165, 1.54) is 22.9 Å². The smallest absolute Gasteiger partial charge is 0.258 e. The van der Waals surface area contributed by atoms with Crippen molar-refractivity contribution < 1.29 is 4.79 Å². The summed E-state index contributed by atoms with van der Waals surface area (Å²) >= 11 is 1.50. The molecule has 1 amide bonds. The zero-order valence-electron chi connectivity index (χ0n) is 18.1. The number of nitrogens with one attached hydrogen (secondary N) is 1. The van der Waals surface area contributed by atoms with Crippen molar-refractivity contribution in [3.05, 3.63) is 71.5 Å². The van der Waals surface area contributed by atoms with Crippen LogP contribution in [-0.2, 0) is 0 Å². The molecule has 0 unspecified atom stereocenters. The standard InChI is InChI=1S/C24H27N5OS/c1-17-6-8-20(15-18(17)2)31-24-21(5-4-10-25-24)23(30)27-19-7-9-22(26-16-19)29-13-11-28(3)12-14-29/h4-10,15-16H,11-14H2,1-3H3,(H,27,30). The summed E-state index contributed by atoms with van der Waals surface area (Å²) in [7, 11) is 2.13. The third-order valence-corrected chi connectivity index (χ3v) is 6.55. The Kier molecular flexibility index (Phi) is 6.53. The number of anilines is 2. The Morgan fingerprint density at radius 1 is 1.00 bits per heavy atom. The molecule has 0 aliphatic carbocycles. The van der Waals surface area contributed by atoms with Gasteiger partial charge >= 0.3 is 0 Å². The van der Waals surface area contributed by atoms with Crippen molar-refractivity contribution in [1.82, 2.24) is 14.9 Å². The van der Waals surface area contributed by atoms with Gasteiger partial charge < -0.3 is 15.1 Å². The first-order valence-corrected chi connectivity index (χ1v) is 11.2. The van der Waals surface area contributed by atoms with E-state index in [2.05, 4.69) is 64.2 Å². The normalized spacial score (nSPS) is 14.5. The van der Waals surface area contributed by atoms with Gasteiger partial charge in [0.15, 0.2) is 0 Å². The van der Waals surface area contributed by atoms with E-state index in [-0.39, 0.29) is 5.91 Å². The van der Waals surface area contributed by atoms with Crippen molar-refractivity contribution >= 4 is 29.2 Å². The van der Waals surface area contributed by atoms with Crippen LogP contribution in [0.15, 0.2) is 64.8 Å². The largest absolute Gasteiger partial charge is 0.354 e. The summed E-state index contributed by atoms with van der Waals surface area (Å²) < 4.78 is 0. The number of hydrogen-bond acceptors (Lipinski definition) is 6. The summed E-state index contributed by atoms with van der Waals surface area (Å²) in [5.41, 5.74) is 3.69. The first-order chi connectivity index (χ1) is 15.0. The number of pyridine rings is 2. The first-order valence-electron chi connectivity index (χ1n) is 10.4. The minimum Gasteiger partial charge on any atom is -0.354 e. The molecule has 1 N–H and O–H groups in total. The van der Waals surface area contributed by atoms with Crippen LogP contribution < -0.4 is 10.2 Å². The lowest BCUT2D eigenvalue weighted by atomic mass is 10.1. The maximum absolute atomic E-state index is 13.0. The minimum atomic E-state index is -0.186. The molecule has 1 aliphatic heterocycles. The highest BCUT2D eigenvalue weighted by molar-refractivity contribution is 7.99. The summed E-state index contributed by atoms with van der Waals surface area (Å²) in [6, 6.07) is 13.7. The van der Waals surface area contributed by atoms with Gasteiger partial charge in [-0.1, -0.05) is 17.8 Å². The topological polar surface area (TPSA) is 61.4 Å². The number of benzene rings is 1. The Morgan fingerprint density at radius 3 is 2.52 bits per heavy atom. The predicted molar refractivity (Wildman–Crippen MR) is 126 cm³/mol. The second kappa shape index (κ2) is 9.49. The number of rotatable bonds is 5. The van der Waals surface area contributed by atoms with E-state index in [9.17, 15) is 4.79 Å². The van der Waals surface area contributed by atoms with Crippen molar-refractivity contribution in [3.63, 3.8) is 0 Å². The third-order valence-electron chi connectivity index (χ3n) is 5.54. The maximum Gasteiger partial charge on any atom is 0.258 e. The molecule has 6 nitrogen and oxygen atoms in total. The summed E-state index contributed by atoms with van der Waals surface area (Å²) in [6.45, 7) is 8.16. The zero-order valence-corrected chi connectivity index (χ0v) is 18.9. The number of likely N-dealkylation sites (N-methyl/N-ethyl adjacent to an activating group) is 1. The lowest BCUT2D eigenvalue weighted by molar-refractivity contribution is 0.102. The number of piperazine rings is 1. The van der Waals surface area contributed by atoms with Gasteiger partial charge in [-0.3, -0.25) is 4.79 Å². The molecule has 1 fully saturated rings. The highest BCUT2D eigenvalue weighted by Gasteiger charge is 2.17. The van der Waals surface area contributed by atoms with Crippen LogP contribution in [0.3, 0.4) is 0 Å². The van der Waals surface area contributed by atoms with Gasteiger partial charge in [-0.2, -0.15) is 0 Å². The number of carbonyl (C=O) groups excluding carboxylic acids is 1. The molecule has 0 atom stereocenters. The molecule has 160 valence electrons. The summed E-state index contributed by atoms with van der Waals surface area (Å²) in [6.07, 6.45) is 3.44. The van der Waals surface area contributed by atoms with Crippen LogP contribution in [0.2, 0.25) is 0 Å². The van der Waals surface area contributed by atoms with Crippen molar-refractivity contribution in [2.24, 2.45) is 0 Å². The van der Waals surface area contributed by atoms with Crippen LogP contribution >= 0.6 is 11.8 Å². The molecule has 0 saturated carbocycles. The fraction of sp³-hybridized carbons (Fsp3) is 0.292. The minimum absolute atomic E-state index is 0.186. The molecule has 31 heavy (non-hydrogen) atoms. The average Bonchev–Trinajstić information content (AvgIpc) is 2.78. The molecule has 3 heterocycles. The molecular weight excluding hydrogens is 406 g/mol. The quantitative estimate of drug-likeness (QED) is 0.649. The lowest BCUT2D eigenvalue weighted by Crippen LogP contribution is -2.44. The van der Waals surface area contributed by atoms with Crippen molar-refractivity contribution in [3.8, 4) is 0 Å². The first kappa shape index (κ1) is 21.3. The highest BCUT2D eigenvalue weighted by Crippen LogP contribution is 2.30. The Balaban J connectivity index is 1.45. The second-order valence-corrected chi connectivity index (χ2v) is 8.92. The van der Waals surface area contributed by atoms with E-state index in [1.807, 2.05) is 12.1 Å². The number of aromatic nitrogens is 2. The Bertz CT molecular complexity index is 1060. The van der Waals surface area contributed by atoms with Gasteiger partial charge in [0.25, 0.3) is 5.91 Å². The molecule has 7 heteroatoms. The van der Waals surface area contributed by atoms with Crippen LogP contribution in [0.25, 0.3) is 0 Å². The fourth-order valence-corrected chi connectivity index (χ4v) is 4.39. The van der Waals surface area contributed by atoms with Crippen molar-refractivity contribution in [2.75, 3.05) is 43.4 Å². The van der Waals surface area contributed by atoms with Crippen LogP contribution in [0, 0.1) is 13.8 Å². The van der Waals surface area contributed by atoms with Gasteiger partial charge in [0.1, 0.15) is 10.8 Å². The summed E-state index contributed by atoms with van der Waals surface area (Å²) in [5, 5.41) is 3.65.